The molecule has 2 rings (SSSR count). The van der Waals surface area contributed by atoms with Gasteiger partial charge < -0.3 is 10.4 Å². The predicted molar refractivity (Wildman–Crippen MR) is 84.8 cm³/mol. The number of aromatic nitrogens is 1. The minimum atomic E-state index is -0.408. The van der Waals surface area contributed by atoms with Gasteiger partial charge in [-0.2, -0.15) is 0 Å². The molecule has 0 saturated heterocycles. The van der Waals surface area contributed by atoms with E-state index in [1.165, 1.54) is 12.1 Å². The molecule has 0 spiro atoms. The maximum Gasteiger partial charge on any atom is 0.269 e. The average molecular weight is 301 g/mol. The van der Waals surface area contributed by atoms with Crippen LogP contribution in [0.15, 0.2) is 42.6 Å². The molecule has 0 fully saturated rings. The zero-order chi connectivity index (χ0) is 15.9. The summed E-state index contributed by atoms with van der Waals surface area (Å²) in [6.07, 6.45) is 2.41. The number of nitrogens with one attached hydrogen (secondary N) is 1. The number of pyridine rings is 1. The van der Waals surface area contributed by atoms with Crippen molar-refractivity contribution in [3.8, 4) is 0 Å². The van der Waals surface area contributed by atoms with Gasteiger partial charge in [0.1, 0.15) is 0 Å². The van der Waals surface area contributed by atoms with E-state index >= 15 is 0 Å². The number of non-ortho nitro benzene ring substituents is 1. The number of nitrogens with zero attached hydrogens (tertiary/aromatic N) is 2. The Kier molecular flexibility index (Phi) is 5.43. The summed E-state index contributed by atoms with van der Waals surface area (Å²) >= 11 is 0. The Morgan fingerprint density at radius 2 is 2.18 bits per heavy atom. The van der Waals surface area contributed by atoms with Crippen molar-refractivity contribution >= 4 is 11.4 Å². The summed E-state index contributed by atoms with van der Waals surface area (Å²) in [6.45, 7) is 2.45. The van der Waals surface area contributed by atoms with Crippen LogP contribution in [0.5, 0.6) is 0 Å². The van der Waals surface area contributed by atoms with Crippen LogP contribution in [-0.2, 0) is 6.42 Å². The summed E-state index contributed by atoms with van der Waals surface area (Å²) in [7, 11) is 0. The van der Waals surface area contributed by atoms with Crippen molar-refractivity contribution in [3.05, 3.63) is 64.0 Å². The molecule has 2 N–H and O–H groups in total. The normalized spacial score (nSPS) is 11.9. The maximum atomic E-state index is 10.7. The van der Waals surface area contributed by atoms with Gasteiger partial charge in [-0.15, -0.1) is 0 Å². The van der Waals surface area contributed by atoms with Crippen molar-refractivity contribution in [1.29, 1.82) is 0 Å². The highest BCUT2D eigenvalue weighted by Crippen LogP contribution is 2.21. The van der Waals surface area contributed by atoms with Gasteiger partial charge in [0.05, 0.1) is 4.92 Å². The van der Waals surface area contributed by atoms with Crippen LogP contribution in [0.25, 0.3) is 0 Å². The Morgan fingerprint density at radius 3 is 2.77 bits per heavy atom. The number of nitro groups is 1. The average Bonchev–Trinajstić information content (AvgIpc) is 2.53. The first-order chi connectivity index (χ1) is 10.6. The second-order valence-corrected chi connectivity index (χ2v) is 5.21. The number of aliphatic hydroxyl groups is 1. The number of benzene rings is 1. The molecule has 0 bridgehead atoms. The molecule has 2 aromatic rings. The standard InChI is InChI=1S/C16H19N3O3/c1-12-8-15(19(21)22)5-6-16(12)18-10-13(11-20)9-14-4-2-3-7-17-14/h2-8,13,18,20H,9-11H2,1H3. The van der Waals surface area contributed by atoms with E-state index in [0.717, 1.165) is 16.9 Å². The van der Waals surface area contributed by atoms with Crippen LogP contribution in [-0.4, -0.2) is 28.2 Å². The van der Waals surface area contributed by atoms with Crippen molar-refractivity contribution in [2.45, 2.75) is 13.3 Å². The third-order valence-corrected chi connectivity index (χ3v) is 3.48. The molecule has 0 saturated carbocycles. The Bertz CT molecular complexity index is 632. The van der Waals surface area contributed by atoms with E-state index in [1.54, 1.807) is 12.3 Å². The van der Waals surface area contributed by atoms with Gasteiger partial charge in [0, 0.05) is 48.8 Å². The Morgan fingerprint density at radius 1 is 1.36 bits per heavy atom. The number of aryl methyl sites for hydroxylation is 1. The number of nitro benzene ring substituents is 1. The Hall–Kier alpha value is -2.47. The third-order valence-electron chi connectivity index (χ3n) is 3.48. The second-order valence-electron chi connectivity index (χ2n) is 5.21. The molecule has 116 valence electrons. The molecule has 0 aliphatic carbocycles. The summed E-state index contributed by atoms with van der Waals surface area (Å²) < 4.78 is 0. The summed E-state index contributed by atoms with van der Waals surface area (Å²) in [4.78, 5) is 14.6. The number of anilines is 1. The van der Waals surface area contributed by atoms with Crippen molar-refractivity contribution in [2.75, 3.05) is 18.5 Å². The maximum absolute atomic E-state index is 10.7. The first kappa shape index (κ1) is 15.9. The van der Waals surface area contributed by atoms with Crippen LogP contribution in [0, 0.1) is 23.0 Å². The summed E-state index contributed by atoms with van der Waals surface area (Å²) in [5.74, 6) is 0.0319. The number of hydrogen-bond acceptors (Lipinski definition) is 5. The van der Waals surface area contributed by atoms with Gasteiger partial charge in [0.25, 0.3) is 5.69 Å². The van der Waals surface area contributed by atoms with Crippen molar-refractivity contribution in [3.63, 3.8) is 0 Å². The molecule has 6 heteroatoms. The van der Waals surface area contributed by atoms with Crippen molar-refractivity contribution in [2.24, 2.45) is 5.92 Å². The summed E-state index contributed by atoms with van der Waals surface area (Å²) in [5.41, 5.74) is 2.66. The molecular weight excluding hydrogens is 282 g/mol. The largest absolute Gasteiger partial charge is 0.396 e. The van der Waals surface area contributed by atoms with E-state index < -0.39 is 4.92 Å². The van der Waals surface area contributed by atoms with Crippen LogP contribution >= 0.6 is 0 Å². The second kappa shape index (κ2) is 7.51. The molecule has 1 unspecified atom stereocenters. The lowest BCUT2D eigenvalue weighted by atomic mass is 10.0. The molecule has 0 aliphatic rings. The molecule has 0 aliphatic heterocycles. The summed E-state index contributed by atoms with van der Waals surface area (Å²) in [6, 6.07) is 10.4. The molecule has 1 heterocycles. The van der Waals surface area contributed by atoms with E-state index in [-0.39, 0.29) is 18.2 Å². The van der Waals surface area contributed by atoms with Gasteiger partial charge in [-0.05, 0) is 37.1 Å². The highest BCUT2D eigenvalue weighted by molar-refractivity contribution is 5.55. The first-order valence-corrected chi connectivity index (χ1v) is 7.10. The first-order valence-electron chi connectivity index (χ1n) is 7.10. The minimum Gasteiger partial charge on any atom is -0.396 e. The van der Waals surface area contributed by atoms with Crippen LogP contribution in [0.1, 0.15) is 11.3 Å². The lowest BCUT2D eigenvalue weighted by molar-refractivity contribution is -0.384. The lowest BCUT2D eigenvalue weighted by Crippen LogP contribution is -2.21. The number of aliphatic hydroxyl groups excluding tert-OH is 1. The molecule has 1 aromatic carbocycles. The van der Waals surface area contributed by atoms with Gasteiger partial charge in [-0.1, -0.05) is 6.07 Å². The fourth-order valence-corrected chi connectivity index (χ4v) is 2.23. The van der Waals surface area contributed by atoms with Gasteiger partial charge in [0.2, 0.25) is 0 Å². The van der Waals surface area contributed by atoms with E-state index in [2.05, 4.69) is 10.3 Å². The minimum absolute atomic E-state index is 0.0319. The quantitative estimate of drug-likeness (QED) is 0.606. The topological polar surface area (TPSA) is 88.3 Å². The van der Waals surface area contributed by atoms with Crippen LogP contribution in [0.4, 0.5) is 11.4 Å². The van der Waals surface area contributed by atoms with E-state index in [9.17, 15) is 15.2 Å². The summed E-state index contributed by atoms with van der Waals surface area (Å²) in [5, 5.41) is 23.5. The van der Waals surface area contributed by atoms with Gasteiger partial charge in [0.15, 0.2) is 0 Å². The third kappa shape index (κ3) is 4.26. The number of rotatable bonds is 7. The highest BCUT2D eigenvalue weighted by Gasteiger charge is 2.12. The van der Waals surface area contributed by atoms with Crippen LogP contribution in [0.2, 0.25) is 0 Å². The highest BCUT2D eigenvalue weighted by atomic mass is 16.6. The molecule has 0 amide bonds. The van der Waals surface area contributed by atoms with Crippen LogP contribution < -0.4 is 5.32 Å². The zero-order valence-electron chi connectivity index (χ0n) is 12.4. The molecular formula is C16H19N3O3. The predicted octanol–water partition coefficient (Wildman–Crippen LogP) is 2.56. The fourth-order valence-electron chi connectivity index (χ4n) is 2.23. The fraction of sp³-hybridized carbons (Fsp3) is 0.312. The number of hydrogen-bond donors (Lipinski definition) is 2. The van der Waals surface area contributed by atoms with Gasteiger partial charge in [-0.3, -0.25) is 15.1 Å². The molecule has 22 heavy (non-hydrogen) atoms. The molecule has 1 atom stereocenters. The SMILES string of the molecule is Cc1cc([N+](=O)[O-])ccc1NCC(CO)Cc1ccccn1. The van der Waals surface area contributed by atoms with Crippen molar-refractivity contribution < 1.29 is 10.0 Å². The lowest BCUT2D eigenvalue weighted by Gasteiger charge is -2.16. The van der Waals surface area contributed by atoms with Crippen LogP contribution in [0.3, 0.4) is 0 Å². The van der Waals surface area contributed by atoms with E-state index in [1.807, 2.05) is 25.1 Å². The monoisotopic (exact) mass is 301 g/mol. The Balaban J connectivity index is 1.97. The smallest absolute Gasteiger partial charge is 0.269 e. The van der Waals surface area contributed by atoms with Crippen molar-refractivity contribution in [1.82, 2.24) is 4.98 Å². The van der Waals surface area contributed by atoms with Gasteiger partial charge >= 0.3 is 0 Å². The molecule has 0 radical (unpaired) electrons. The molecule has 1 aromatic heterocycles. The van der Waals surface area contributed by atoms with E-state index in [4.69, 9.17) is 0 Å². The Labute approximate surface area is 129 Å². The van der Waals surface area contributed by atoms with Gasteiger partial charge in [-0.25, -0.2) is 0 Å². The molecule has 6 nitrogen and oxygen atoms in total. The zero-order valence-corrected chi connectivity index (χ0v) is 12.4. The van der Waals surface area contributed by atoms with E-state index in [0.29, 0.717) is 13.0 Å².